The van der Waals surface area contributed by atoms with Crippen molar-refractivity contribution in [1.29, 1.82) is 0 Å². The average Bonchev–Trinajstić information content (AvgIpc) is 3.56. The van der Waals surface area contributed by atoms with Gasteiger partial charge >= 0.3 is 6.18 Å². The first-order chi connectivity index (χ1) is 21.5. The Balaban J connectivity index is 1.24. The number of halogens is 5. The van der Waals surface area contributed by atoms with E-state index in [0.29, 0.717) is 35.0 Å². The van der Waals surface area contributed by atoms with Crippen molar-refractivity contribution in [3.05, 3.63) is 81.8 Å². The van der Waals surface area contributed by atoms with E-state index in [1.54, 1.807) is 12.1 Å². The van der Waals surface area contributed by atoms with Crippen LogP contribution in [0.3, 0.4) is 0 Å². The number of hydrogen-bond acceptors (Lipinski definition) is 6. The molecule has 7 rings (SSSR count). The fourth-order valence-electron chi connectivity index (χ4n) is 5.83. The summed E-state index contributed by atoms with van der Waals surface area (Å²) in [6.45, 7) is 0.264. The Labute approximate surface area is 266 Å². The fourth-order valence-corrected chi connectivity index (χ4v) is 6.19. The molecular formula is C30H23F4IN8O2. The lowest BCUT2D eigenvalue weighted by atomic mass is 9.67. The van der Waals surface area contributed by atoms with Crippen molar-refractivity contribution >= 4 is 45.9 Å². The Morgan fingerprint density at radius 2 is 1.78 bits per heavy atom. The summed E-state index contributed by atoms with van der Waals surface area (Å²) in [5, 5.41) is 7.36. The maximum Gasteiger partial charge on any atom is 0.403 e. The van der Waals surface area contributed by atoms with Gasteiger partial charge in [0.2, 0.25) is 11.9 Å². The number of alkyl halides is 3. The quantitative estimate of drug-likeness (QED) is 0.141. The molecule has 0 saturated heterocycles. The normalized spacial score (nSPS) is 15.9. The highest BCUT2D eigenvalue weighted by atomic mass is 127. The summed E-state index contributed by atoms with van der Waals surface area (Å²) in [7, 11) is 0. The largest absolute Gasteiger partial charge is 0.403 e. The standard InChI is InChI=1S/C30H23F4IN8O2/c31-21-14-18(8-11-36-21)27(44)38-22-15-43-23(37-22)7-6-20(40-43)26-25(17-2-4-19(35)5-3-17)39-24-16-41(12-13-42(24)26)28(45)29(9-1-10-29)30(32,33)34/h2-8,11,14-15H,1,9-10,12-13,16H2,(H,38,44). The zero-order valence-corrected chi connectivity index (χ0v) is 25.5. The predicted molar refractivity (Wildman–Crippen MR) is 162 cm³/mol. The number of carbonyl (C=O) groups excluding carboxylic acids is 2. The van der Waals surface area contributed by atoms with E-state index in [9.17, 15) is 27.2 Å². The smallest absolute Gasteiger partial charge is 0.333 e. The van der Waals surface area contributed by atoms with Crippen LogP contribution in [0.5, 0.6) is 0 Å². The number of fused-ring (bicyclic) bond motifs is 2. The molecular weight excluding hydrogens is 707 g/mol. The Morgan fingerprint density at radius 1 is 1.00 bits per heavy atom. The summed E-state index contributed by atoms with van der Waals surface area (Å²) >= 11 is 2.19. The van der Waals surface area contributed by atoms with Crippen molar-refractivity contribution in [3.8, 4) is 22.6 Å². The Bertz CT molecular complexity index is 1970. The number of imidazole rings is 2. The van der Waals surface area contributed by atoms with Crippen molar-refractivity contribution in [2.75, 3.05) is 11.9 Å². The molecule has 1 N–H and O–H groups in total. The number of nitrogens with zero attached hydrogens (tertiary/aromatic N) is 7. The summed E-state index contributed by atoms with van der Waals surface area (Å²) in [6.07, 6.45) is -1.93. The summed E-state index contributed by atoms with van der Waals surface area (Å²) in [5.74, 6) is -1.60. The zero-order valence-electron chi connectivity index (χ0n) is 23.4. The van der Waals surface area contributed by atoms with E-state index in [4.69, 9.17) is 10.1 Å². The number of pyridine rings is 1. The number of hydrogen-bond donors (Lipinski definition) is 1. The van der Waals surface area contributed by atoms with Crippen molar-refractivity contribution in [2.45, 2.75) is 38.5 Å². The number of aromatic nitrogens is 6. The van der Waals surface area contributed by atoms with Crippen LogP contribution >= 0.6 is 22.6 Å². The molecule has 2 aliphatic rings. The first-order valence-corrected chi connectivity index (χ1v) is 15.1. The second-order valence-corrected chi connectivity index (χ2v) is 12.3. The first-order valence-electron chi connectivity index (χ1n) is 14.0. The van der Waals surface area contributed by atoms with E-state index < -0.39 is 29.4 Å². The molecule has 5 aromatic rings. The number of rotatable bonds is 5. The van der Waals surface area contributed by atoms with Gasteiger partial charge in [-0.25, -0.2) is 19.5 Å². The molecule has 0 atom stereocenters. The SMILES string of the molecule is O=C(Nc1cn2nc(-c3c(-c4ccc(I)cc4)nc4n3CCN(C(=O)C3(C(F)(F)F)CCC3)C4)ccc2n1)c1ccnc(F)c1. The summed E-state index contributed by atoms with van der Waals surface area (Å²) in [5.41, 5.74) is 0.681. The van der Waals surface area contributed by atoms with E-state index in [0.717, 1.165) is 15.2 Å². The van der Waals surface area contributed by atoms with E-state index in [1.165, 1.54) is 27.9 Å². The molecule has 0 spiro atoms. The van der Waals surface area contributed by atoms with Crippen molar-refractivity contribution in [3.63, 3.8) is 0 Å². The van der Waals surface area contributed by atoms with Crippen LogP contribution in [0, 0.1) is 14.9 Å². The molecule has 5 heterocycles. The number of carbonyl (C=O) groups is 2. The lowest BCUT2D eigenvalue weighted by Crippen LogP contribution is -2.57. The van der Waals surface area contributed by atoms with Gasteiger partial charge in [0, 0.05) is 40.0 Å². The van der Waals surface area contributed by atoms with Crippen LogP contribution in [0.1, 0.15) is 35.4 Å². The molecule has 0 bridgehead atoms. The molecule has 2 amide bonds. The minimum absolute atomic E-state index is 0.0624. The summed E-state index contributed by atoms with van der Waals surface area (Å²) in [4.78, 5) is 39.8. The molecule has 230 valence electrons. The van der Waals surface area contributed by atoms with Gasteiger partial charge in [-0.2, -0.15) is 22.7 Å². The molecule has 1 aromatic carbocycles. The topological polar surface area (TPSA) is 110 Å². The fraction of sp³-hybridized carbons (Fsp3) is 0.267. The van der Waals surface area contributed by atoms with Crippen molar-refractivity contribution in [2.24, 2.45) is 5.41 Å². The molecule has 45 heavy (non-hydrogen) atoms. The lowest BCUT2D eigenvalue weighted by Gasteiger charge is -2.45. The molecule has 0 unspecified atom stereocenters. The van der Waals surface area contributed by atoms with Crippen LogP contribution < -0.4 is 5.32 Å². The highest BCUT2D eigenvalue weighted by Crippen LogP contribution is 2.54. The van der Waals surface area contributed by atoms with Crippen LogP contribution in [0.4, 0.5) is 23.4 Å². The third-order valence-electron chi connectivity index (χ3n) is 8.33. The Morgan fingerprint density at radius 3 is 2.47 bits per heavy atom. The van der Waals surface area contributed by atoms with Crippen LogP contribution in [0.2, 0.25) is 0 Å². The second-order valence-electron chi connectivity index (χ2n) is 11.0. The molecule has 1 saturated carbocycles. The van der Waals surface area contributed by atoms with Gasteiger partial charge in [0.15, 0.2) is 11.5 Å². The second kappa shape index (κ2) is 10.9. The zero-order chi connectivity index (χ0) is 31.5. The van der Waals surface area contributed by atoms with Crippen molar-refractivity contribution in [1.82, 2.24) is 34.0 Å². The molecule has 0 radical (unpaired) electrons. The van der Waals surface area contributed by atoms with Gasteiger partial charge in [0.05, 0.1) is 24.1 Å². The summed E-state index contributed by atoms with van der Waals surface area (Å²) < 4.78 is 59.8. The van der Waals surface area contributed by atoms with Gasteiger partial charge in [-0.05, 0) is 65.8 Å². The van der Waals surface area contributed by atoms with E-state index in [2.05, 4.69) is 37.9 Å². The van der Waals surface area contributed by atoms with Crippen LogP contribution in [-0.2, 0) is 17.9 Å². The molecule has 1 aliphatic heterocycles. The average molecular weight is 730 g/mol. The van der Waals surface area contributed by atoms with E-state index >= 15 is 0 Å². The molecule has 1 aliphatic carbocycles. The van der Waals surface area contributed by atoms with Gasteiger partial charge in [0.25, 0.3) is 5.91 Å². The third kappa shape index (κ3) is 5.11. The van der Waals surface area contributed by atoms with Gasteiger partial charge in [-0.15, -0.1) is 0 Å². The summed E-state index contributed by atoms with van der Waals surface area (Å²) in [6, 6.07) is 13.5. The molecule has 15 heteroatoms. The van der Waals surface area contributed by atoms with E-state index in [-0.39, 0.29) is 43.9 Å². The van der Waals surface area contributed by atoms with Crippen LogP contribution in [0.25, 0.3) is 28.3 Å². The van der Waals surface area contributed by atoms with Gasteiger partial charge in [0.1, 0.15) is 16.9 Å². The highest BCUT2D eigenvalue weighted by Gasteiger charge is 2.64. The van der Waals surface area contributed by atoms with E-state index in [1.807, 2.05) is 28.8 Å². The Hall–Kier alpha value is -4.41. The van der Waals surface area contributed by atoms with Crippen molar-refractivity contribution < 1.29 is 27.2 Å². The van der Waals surface area contributed by atoms with Gasteiger partial charge in [-0.1, -0.05) is 18.6 Å². The number of amides is 2. The first kappa shape index (κ1) is 29.3. The highest BCUT2D eigenvalue weighted by molar-refractivity contribution is 14.1. The maximum absolute atomic E-state index is 14.0. The monoisotopic (exact) mass is 730 g/mol. The minimum Gasteiger partial charge on any atom is -0.333 e. The number of anilines is 1. The lowest BCUT2D eigenvalue weighted by molar-refractivity contribution is -0.249. The van der Waals surface area contributed by atoms with Gasteiger partial charge < -0.3 is 14.8 Å². The minimum atomic E-state index is -4.61. The molecule has 10 nitrogen and oxygen atoms in total. The molecule has 4 aromatic heterocycles. The third-order valence-corrected chi connectivity index (χ3v) is 9.05. The van der Waals surface area contributed by atoms with Crippen LogP contribution in [-0.4, -0.2) is 58.6 Å². The van der Waals surface area contributed by atoms with Gasteiger partial charge in [-0.3, -0.25) is 9.59 Å². The number of nitrogens with one attached hydrogen (secondary N) is 1. The predicted octanol–water partition coefficient (Wildman–Crippen LogP) is 5.73. The molecule has 1 fully saturated rings. The number of benzene rings is 1. The Kier molecular flexibility index (Phi) is 7.09. The van der Waals surface area contributed by atoms with Crippen LogP contribution in [0.15, 0.2) is 60.9 Å². The maximum atomic E-state index is 14.0.